The minimum atomic E-state index is 0.0164. The molecule has 3 atom stereocenters. The number of rotatable bonds is 2. The molecule has 1 N–H and O–H groups in total. The lowest BCUT2D eigenvalue weighted by atomic mass is 10.00. The van der Waals surface area contributed by atoms with E-state index in [0.29, 0.717) is 5.92 Å². The van der Waals surface area contributed by atoms with Gasteiger partial charge < -0.3 is 10.2 Å². The number of benzene rings is 1. The fraction of sp³-hybridized carbons (Fsp3) is 0.562. The second kappa shape index (κ2) is 5.86. The second-order valence-corrected chi connectivity index (χ2v) is 6.86. The zero-order chi connectivity index (χ0) is 14.1. The van der Waals surface area contributed by atoms with Crippen LogP contribution < -0.4 is 5.32 Å². The Bertz CT molecular complexity index is 505. The van der Waals surface area contributed by atoms with E-state index in [9.17, 15) is 4.79 Å². The first-order valence-corrected chi connectivity index (χ1v) is 8.25. The van der Waals surface area contributed by atoms with Crippen molar-refractivity contribution in [1.82, 2.24) is 10.2 Å². The van der Waals surface area contributed by atoms with Gasteiger partial charge in [-0.15, -0.1) is 0 Å². The second-order valence-electron chi connectivity index (χ2n) is 5.94. The Morgan fingerprint density at radius 1 is 1.40 bits per heavy atom. The van der Waals surface area contributed by atoms with Crippen molar-refractivity contribution in [2.45, 2.75) is 38.3 Å². The SMILES string of the molecule is CC1CCNC1C(=O)N1CCCC1c1cccc(Br)c1. The Balaban J connectivity index is 1.80. The molecule has 3 unspecified atom stereocenters. The molecule has 108 valence electrons. The van der Waals surface area contributed by atoms with E-state index in [-0.39, 0.29) is 18.0 Å². The maximum absolute atomic E-state index is 12.8. The van der Waals surface area contributed by atoms with Gasteiger partial charge in [0.15, 0.2) is 0 Å². The van der Waals surface area contributed by atoms with Crippen LogP contribution in [0.3, 0.4) is 0 Å². The van der Waals surface area contributed by atoms with Gasteiger partial charge in [-0.25, -0.2) is 0 Å². The molecule has 2 aliphatic heterocycles. The van der Waals surface area contributed by atoms with Crippen LogP contribution in [-0.4, -0.2) is 29.9 Å². The topological polar surface area (TPSA) is 32.3 Å². The van der Waals surface area contributed by atoms with E-state index in [1.54, 1.807) is 0 Å². The van der Waals surface area contributed by atoms with E-state index >= 15 is 0 Å². The van der Waals surface area contributed by atoms with E-state index in [2.05, 4.69) is 51.3 Å². The smallest absolute Gasteiger partial charge is 0.240 e. The van der Waals surface area contributed by atoms with Gasteiger partial charge in [0.1, 0.15) is 0 Å². The largest absolute Gasteiger partial charge is 0.334 e. The summed E-state index contributed by atoms with van der Waals surface area (Å²) < 4.78 is 1.08. The Kier molecular flexibility index (Phi) is 4.13. The Morgan fingerprint density at radius 2 is 2.25 bits per heavy atom. The summed E-state index contributed by atoms with van der Waals surface area (Å²) in [5.74, 6) is 0.740. The molecule has 1 aromatic carbocycles. The molecule has 0 saturated carbocycles. The van der Waals surface area contributed by atoms with E-state index in [1.165, 1.54) is 5.56 Å². The highest BCUT2D eigenvalue weighted by atomic mass is 79.9. The van der Waals surface area contributed by atoms with Gasteiger partial charge in [-0.05, 0) is 49.4 Å². The van der Waals surface area contributed by atoms with Gasteiger partial charge in [0.05, 0.1) is 12.1 Å². The van der Waals surface area contributed by atoms with Crippen molar-refractivity contribution in [3.05, 3.63) is 34.3 Å². The third-order valence-corrected chi connectivity index (χ3v) is 5.06. The lowest BCUT2D eigenvalue weighted by Gasteiger charge is -2.29. The molecule has 3 nitrogen and oxygen atoms in total. The van der Waals surface area contributed by atoms with Crippen molar-refractivity contribution >= 4 is 21.8 Å². The van der Waals surface area contributed by atoms with Gasteiger partial charge in [-0.3, -0.25) is 4.79 Å². The fourth-order valence-electron chi connectivity index (χ4n) is 3.43. The third kappa shape index (κ3) is 2.63. The molecule has 0 aromatic heterocycles. The lowest BCUT2D eigenvalue weighted by Crippen LogP contribution is -2.45. The summed E-state index contributed by atoms with van der Waals surface area (Å²) in [4.78, 5) is 14.9. The summed E-state index contributed by atoms with van der Waals surface area (Å²) in [7, 11) is 0. The predicted octanol–water partition coefficient (Wildman–Crippen LogP) is 3.11. The summed E-state index contributed by atoms with van der Waals surface area (Å²) in [5.41, 5.74) is 1.25. The first-order chi connectivity index (χ1) is 9.66. The zero-order valence-electron chi connectivity index (χ0n) is 11.8. The lowest BCUT2D eigenvalue weighted by molar-refractivity contribution is -0.134. The van der Waals surface area contributed by atoms with Gasteiger partial charge in [0.25, 0.3) is 0 Å². The highest BCUT2D eigenvalue weighted by Gasteiger charge is 2.37. The van der Waals surface area contributed by atoms with Crippen LogP contribution in [0.15, 0.2) is 28.7 Å². The molecule has 2 heterocycles. The molecule has 0 spiro atoms. The molecule has 2 fully saturated rings. The number of nitrogens with zero attached hydrogens (tertiary/aromatic N) is 1. The molecule has 20 heavy (non-hydrogen) atoms. The number of hydrogen-bond donors (Lipinski definition) is 1. The number of halogens is 1. The minimum absolute atomic E-state index is 0.0164. The number of hydrogen-bond acceptors (Lipinski definition) is 2. The summed E-state index contributed by atoms with van der Waals surface area (Å²) in [5, 5.41) is 3.37. The summed E-state index contributed by atoms with van der Waals surface area (Å²) in [6, 6.07) is 8.62. The van der Waals surface area contributed by atoms with E-state index in [4.69, 9.17) is 0 Å². The van der Waals surface area contributed by atoms with Crippen molar-refractivity contribution in [3.8, 4) is 0 Å². The Hall–Kier alpha value is -0.870. The standard InChI is InChI=1S/C16H21BrN2O/c1-11-7-8-18-15(11)16(20)19-9-3-6-14(19)12-4-2-5-13(17)10-12/h2,4-5,10-11,14-15,18H,3,6-9H2,1H3. The molecule has 3 rings (SSSR count). The summed E-state index contributed by atoms with van der Waals surface area (Å²) in [6.07, 6.45) is 3.28. The van der Waals surface area contributed by atoms with Crippen LogP contribution in [0.2, 0.25) is 0 Å². The van der Waals surface area contributed by atoms with Gasteiger partial charge >= 0.3 is 0 Å². The molecular weight excluding hydrogens is 316 g/mol. The van der Waals surface area contributed by atoms with Gasteiger partial charge in [0, 0.05) is 11.0 Å². The van der Waals surface area contributed by atoms with E-state index in [1.807, 2.05) is 6.07 Å². The van der Waals surface area contributed by atoms with Gasteiger partial charge in [0.2, 0.25) is 5.91 Å². The quantitative estimate of drug-likeness (QED) is 0.899. The molecule has 4 heteroatoms. The van der Waals surface area contributed by atoms with Crippen LogP contribution in [-0.2, 0) is 4.79 Å². The maximum atomic E-state index is 12.8. The number of carbonyl (C=O) groups excluding carboxylic acids is 1. The fourth-order valence-corrected chi connectivity index (χ4v) is 3.85. The Labute approximate surface area is 128 Å². The summed E-state index contributed by atoms with van der Waals surface area (Å²) in [6.45, 7) is 4.03. The van der Waals surface area contributed by atoms with Crippen LogP contribution in [0.5, 0.6) is 0 Å². The van der Waals surface area contributed by atoms with Crippen LogP contribution in [0.25, 0.3) is 0 Å². The van der Waals surface area contributed by atoms with E-state index in [0.717, 1.165) is 36.8 Å². The molecule has 0 aliphatic carbocycles. The van der Waals surface area contributed by atoms with Crippen molar-refractivity contribution in [2.24, 2.45) is 5.92 Å². The van der Waals surface area contributed by atoms with Crippen molar-refractivity contribution in [2.75, 3.05) is 13.1 Å². The molecule has 1 aromatic rings. The number of likely N-dealkylation sites (tertiary alicyclic amines) is 1. The number of carbonyl (C=O) groups is 1. The Morgan fingerprint density at radius 3 is 2.95 bits per heavy atom. The van der Waals surface area contributed by atoms with Gasteiger partial charge in [-0.1, -0.05) is 35.0 Å². The molecule has 2 aliphatic rings. The first kappa shape index (κ1) is 14.1. The van der Waals surface area contributed by atoms with Crippen molar-refractivity contribution in [3.63, 3.8) is 0 Å². The number of amides is 1. The van der Waals surface area contributed by atoms with Crippen LogP contribution in [0.4, 0.5) is 0 Å². The molecular formula is C16H21BrN2O. The summed E-state index contributed by atoms with van der Waals surface area (Å²) >= 11 is 3.53. The molecule has 0 radical (unpaired) electrons. The third-order valence-electron chi connectivity index (χ3n) is 4.57. The maximum Gasteiger partial charge on any atom is 0.240 e. The van der Waals surface area contributed by atoms with Crippen molar-refractivity contribution in [1.29, 1.82) is 0 Å². The zero-order valence-corrected chi connectivity index (χ0v) is 13.4. The highest BCUT2D eigenvalue weighted by Crippen LogP contribution is 2.34. The van der Waals surface area contributed by atoms with Crippen LogP contribution in [0.1, 0.15) is 37.8 Å². The van der Waals surface area contributed by atoms with Gasteiger partial charge in [-0.2, -0.15) is 0 Å². The predicted molar refractivity (Wildman–Crippen MR) is 83.4 cm³/mol. The molecule has 2 saturated heterocycles. The first-order valence-electron chi connectivity index (χ1n) is 7.46. The highest BCUT2D eigenvalue weighted by molar-refractivity contribution is 9.10. The average Bonchev–Trinajstić information content (AvgIpc) is 3.06. The average molecular weight is 337 g/mol. The van der Waals surface area contributed by atoms with E-state index < -0.39 is 0 Å². The minimum Gasteiger partial charge on any atom is -0.334 e. The molecule has 1 amide bonds. The van der Waals surface area contributed by atoms with Crippen LogP contribution >= 0.6 is 15.9 Å². The van der Waals surface area contributed by atoms with Crippen LogP contribution in [0, 0.1) is 5.92 Å². The normalized spacial score (nSPS) is 29.9. The molecule has 0 bridgehead atoms. The number of nitrogens with one attached hydrogen (secondary N) is 1. The monoisotopic (exact) mass is 336 g/mol. The van der Waals surface area contributed by atoms with Crippen molar-refractivity contribution < 1.29 is 4.79 Å².